The first-order valence-corrected chi connectivity index (χ1v) is 7.40. The van der Waals surface area contributed by atoms with Gasteiger partial charge in [0, 0.05) is 17.3 Å². The van der Waals surface area contributed by atoms with Crippen LogP contribution in [0.1, 0.15) is 36.3 Å². The summed E-state index contributed by atoms with van der Waals surface area (Å²) in [5.74, 6) is -0.696. The van der Waals surface area contributed by atoms with Gasteiger partial charge >= 0.3 is 0 Å². The fourth-order valence-electron chi connectivity index (χ4n) is 1.82. The first-order valence-electron chi connectivity index (χ1n) is 6.58. The maximum absolute atomic E-state index is 14.0. The van der Waals surface area contributed by atoms with Crippen molar-refractivity contribution in [1.82, 2.24) is 9.97 Å². The van der Waals surface area contributed by atoms with E-state index in [9.17, 15) is 14.0 Å². The third-order valence-electron chi connectivity index (χ3n) is 2.82. The number of aryl methyl sites for hydroxylation is 1. The van der Waals surface area contributed by atoms with Gasteiger partial charge < -0.3 is 4.98 Å². The molecule has 4 nitrogen and oxygen atoms in total. The van der Waals surface area contributed by atoms with Crippen LogP contribution in [0.3, 0.4) is 0 Å². The van der Waals surface area contributed by atoms with Crippen molar-refractivity contribution in [2.75, 3.05) is 0 Å². The van der Waals surface area contributed by atoms with Gasteiger partial charge in [-0.05, 0) is 37.2 Å². The highest BCUT2D eigenvalue weighted by Gasteiger charge is 2.10. The van der Waals surface area contributed by atoms with Gasteiger partial charge in [0.05, 0.1) is 4.90 Å². The Morgan fingerprint density at radius 2 is 2.14 bits per heavy atom. The van der Waals surface area contributed by atoms with E-state index in [1.165, 1.54) is 25.1 Å². The molecule has 0 atom stereocenters. The van der Waals surface area contributed by atoms with Crippen molar-refractivity contribution in [3.63, 3.8) is 0 Å². The summed E-state index contributed by atoms with van der Waals surface area (Å²) >= 11 is 1.04. The molecule has 2 aromatic rings. The van der Waals surface area contributed by atoms with Gasteiger partial charge in [-0.1, -0.05) is 19.4 Å². The summed E-state index contributed by atoms with van der Waals surface area (Å²) in [6.45, 7) is 3.38. The number of hydrogen-bond acceptors (Lipinski definition) is 4. The first-order chi connectivity index (χ1) is 9.99. The fourth-order valence-corrected chi connectivity index (χ4v) is 2.64. The van der Waals surface area contributed by atoms with Crippen LogP contribution < -0.4 is 5.56 Å². The minimum atomic E-state index is -0.503. The molecule has 0 aliphatic heterocycles. The van der Waals surface area contributed by atoms with Gasteiger partial charge in [0.1, 0.15) is 5.82 Å². The molecule has 0 bridgehead atoms. The van der Waals surface area contributed by atoms with E-state index in [0.29, 0.717) is 27.7 Å². The second kappa shape index (κ2) is 6.67. The normalized spacial score (nSPS) is 10.6. The lowest BCUT2D eigenvalue weighted by Crippen LogP contribution is -2.10. The first kappa shape index (κ1) is 15.4. The quantitative estimate of drug-likeness (QED) is 0.680. The number of carbonyl (C=O) groups is 1. The number of rotatable bonds is 5. The number of nitrogens with one attached hydrogen (secondary N) is 1. The third kappa shape index (κ3) is 4.01. The second-order valence-electron chi connectivity index (χ2n) is 4.60. The van der Waals surface area contributed by atoms with Crippen molar-refractivity contribution in [2.45, 2.75) is 36.7 Å². The number of aromatic nitrogens is 2. The van der Waals surface area contributed by atoms with Crippen molar-refractivity contribution < 1.29 is 9.18 Å². The molecule has 0 spiro atoms. The predicted octanol–water partition coefficient (Wildman–Crippen LogP) is 3.22. The Balaban J connectivity index is 2.29. The van der Waals surface area contributed by atoms with E-state index < -0.39 is 5.82 Å². The monoisotopic (exact) mass is 306 g/mol. The molecule has 6 heteroatoms. The van der Waals surface area contributed by atoms with Crippen LogP contribution in [0, 0.1) is 5.82 Å². The number of Topliss-reactive ketones (excluding diaryl/α,β-unsaturated/α-hetero) is 1. The molecule has 0 amide bonds. The van der Waals surface area contributed by atoms with Crippen LogP contribution in [0.15, 0.2) is 39.1 Å². The largest absolute Gasteiger partial charge is 0.301 e. The molecule has 110 valence electrons. The van der Waals surface area contributed by atoms with Crippen LogP contribution in [0.25, 0.3) is 0 Å². The SMILES string of the molecule is CCCc1cc(=O)[nH]c(Sc2ccc(C(C)=O)cc2F)n1. The summed E-state index contributed by atoms with van der Waals surface area (Å²) in [5.41, 5.74) is 0.749. The molecule has 1 heterocycles. The number of halogens is 1. The summed E-state index contributed by atoms with van der Waals surface area (Å²) < 4.78 is 14.0. The Kier molecular flexibility index (Phi) is 4.90. The van der Waals surface area contributed by atoms with Crippen molar-refractivity contribution >= 4 is 17.5 Å². The zero-order valence-electron chi connectivity index (χ0n) is 11.8. The number of nitrogens with zero attached hydrogens (tertiary/aromatic N) is 1. The van der Waals surface area contributed by atoms with Gasteiger partial charge in [-0.15, -0.1) is 0 Å². The van der Waals surface area contributed by atoms with Gasteiger partial charge in [0.25, 0.3) is 5.56 Å². The number of benzene rings is 1. The number of hydrogen-bond donors (Lipinski definition) is 1. The Morgan fingerprint density at radius 1 is 1.38 bits per heavy atom. The predicted molar refractivity (Wildman–Crippen MR) is 79.4 cm³/mol. The van der Waals surface area contributed by atoms with Crippen molar-refractivity contribution in [3.05, 3.63) is 51.7 Å². The minimum absolute atomic E-state index is 0.193. The third-order valence-corrected chi connectivity index (χ3v) is 3.76. The van der Waals surface area contributed by atoms with Gasteiger partial charge in [-0.2, -0.15) is 0 Å². The lowest BCUT2D eigenvalue weighted by atomic mass is 10.1. The molecule has 2 rings (SSSR count). The molecule has 1 aromatic carbocycles. The molecule has 1 aromatic heterocycles. The van der Waals surface area contributed by atoms with Crippen LogP contribution in [-0.4, -0.2) is 15.8 Å². The van der Waals surface area contributed by atoms with Crippen LogP contribution in [-0.2, 0) is 6.42 Å². The van der Waals surface area contributed by atoms with Gasteiger partial charge in [0.2, 0.25) is 0 Å². The standard InChI is InChI=1S/C15H15FN2O2S/c1-3-4-11-8-14(20)18-15(17-11)21-13-6-5-10(9(2)19)7-12(13)16/h5-8H,3-4H2,1-2H3,(H,17,18,20). The summed E-state index contributed by atoms with van der Waals surface area (Å²) in [6.07, 6.45) is 1.57. The maximum Gasteiger partial charge on any atom is 0.251 e. The van der Waals surface area contributed by atoms with Crippen LogP contribution >= 0.6 is 11.8 Å². The smallest absolute Gasteiger partial charge is 0.251 e. The fraction of sp³-hybridized carbons (Fsp3) is 0.267. The van der Waals surface area contributed by atoms with Crippen molar-refractivity contribution in [2.24, 2.45) is 0 Å². The number of carbonyl (C=O) groups excluding carboxylic acids is 1. The van der Waals surface area contributed by atoms with Gasteiger partial charge in [-0.25, -0.2) is 9.37 Å². The number of H-pyrrole nitrogens is 1. The summed E-state index contributed by atoms with van der Waals surface area (Å²) in [6, 6.07) is 5.71. The zero-order valence-corrected chi connectivity index (χ0v) is 12.6. The Bertz CT molecular complexity index is 728. The Labute approximate surface area is 125 Å². The molecule has 0 aliphatic carbocycles. The molecule has 0 fully saturated rings. The van der Waals surface area contributed by atoms with Gasteiger partial charge in [-0.3, -0.25) is 9.59 Å². The average Bonchev–Trinajstić information content (AvgIpc) is 2.40. The summed E-state index contributed by atoms with van der Waals surface area (Å²) in [4.78, 5) is 29.9. The highest BCUT2D eigenvalue weighted by atomic mass is 32.2. The van der Waals surface area contributed by atoms with E-state index in [2.05, 4.69) is 9.97 Å². The highest BCUT2D eigenvalue weighted by Crippen LogP contribution is 2.27. The topological polar surface area (TPSA) is 62.8 Å². The number of aromatic amines is 1. The molecule has 21 heavy (non-hydrogen) atoms. The molecule has 0 saturated carbocycles. The van der Waals surface area contributed by atoms with Gasteiger partial charge in [0.15, 0.2) is 10.9 Å². The molecular formula is C15H15FN2O2S. The molecule has 1 N–H and O–H groups in total. The molecule has 0 saturated heterocycles. The van der Waals surface area contributed by atoms with Crippen LogP contribution in [0.4, 0.5) is 4.39 Å². The average molecular weight is 306 g/mol. The van der Waals surface area contributed by atoms with Crippen molar-refractivity contribution in [3.8, 4) is 0 Å². The number of ketones is 1. The Hall–Kier alpha value is -1.95. The van der Waals surface area contributed by atoms with E-state index in [0.717, 1.165) is 18.2 Å². The van der Waals surface area contributed by atoms with Crippen LogP contribution in [0.2, 0.25) is 0 Å². The molecular weight excluding hydrogens is 291 g/mol. The van der Waals surface area contributed by atoms with Crippen LogP contribution in [0.5, 0.6) is 0 Å². The van der Waals surface area contributed by atoms with Crippen molar-refractivity contribution in [1.29, 1.82) is 0 Å². The summed E-state index contributed by atoms with van der Waals surface area (Å²) in [5, 5.41) is 0.348. The second-order valence-corrected chi connectivity index (χ2v) is 5.63. The molecule has 0 aliphatic rings. The van der Waals surface area contributed by atoms with E-state index in [1.807, 2.05) is 6.92 Å². The van der Waals surface area contributed by atoms with E-state index in [-0.39, 0.29) is 11.3 Å². The van der Waals surface area contributed by atoms with E-state index >= 15 is 0 Å². The van der Waals surface area contributed by atoms with E-state index in [4.69, 9.17) is 0 Å². The lowest BCUT2D eigenvalue weighted by Gasteiger charge is -2.05. The molecule has 0 unspecified atom stereocenters. The molecule has 0 radical (unpaired) electrons. The highest BCUT2D eigenvalue weighted by molar-refractivity contribution is 7.99. The minimum Gasteiger partial charge on any atom is -0.301 e. The maximum atomic E-state index is 14.0. The Morgan fingerprint density at radius 3 is 2.76 bits per heavy atom. The van der Waals surface area contributed by atoms with E-state index in [1.54, 1.807) is 6.07 Å². The lowest BCUT2D eigenvalue weighted by molar-refractivity contribution is 0.101. The zero-order chi connectivity index (χ0) is 15.4. The summed E-state index contributed by atoms with van der Waals surface area (Å²) in [7, 11) is 0.